The second kappa shape index (κ2) is 6.27. The molecular weight excluding hydrogens is 208 g/mol. The molecule has 0 aromatic rings. The van der Waals surface area contributed by atoms with Crippen LogP contribution in [0.2, 0.25) is 0 Å². The van der Waals surface area contributed by atoms with E-state index in [-0.39, 0.29) is 11.9 Å². The van der Waals surface area contributed by atoms with Gasteiger partial charge in [0.15, 0.2) is 0 Å². The fourth-order valence-electron chi connectivity index (χ4n) is 1.51. The van der Waals surface area contributed by atoms with Gasteiger partial charge in [0.05, 0.1) is 7.11 Å². The van der Waals surface area contributed by atoms with Gasteiger partial charge < -0.3 is 10.1 Å². The summed E-state index contributed by atoms with van der Waals surface area (Å²) in [5, 5.41) is 2.80. The van der Waals surface area contributed by atoms with Crippen LogP contribution in [0.25, 0.3) is 0 Å². The molecule has 1 saturated heterocycles. The number of carbonyl (C=O) groups is 2. The third-order valence-corrected chi connectivity index (χ3v) is 2.57. The zero-order chi connectivity index (χ0) is 12.0. The van der Waals surface area contributed by atoms with Crippen molar-refractivity contribution in [1.29, 1.82) is 0 Å². The smallest absolute Gasteiger partial charge is 0.333 e. The molecule has 1 heterocycles. The van der Waals surface area contributed by atoms with Crippen LogP contribution in [-0.2, 0) is 14.3 Å². The van der Waals surface area contributed by atoms with Gasteiger partial charge in [0.25, 0.3) is 0 Å². The van der Waals surface area contributed by atoms with Crippen LogP contribution in [0.5, 0.6) is 0 Å². The highest BCUT2D eigenvalue weighted by Crippen LogP contribution is 2.00. The normalized spacial score (nSPS) is 18.9. The molecule has 0 aliphatic carbocycles. The highest BCUT2D eigenvalue weighted by atomic mass is 16.5. The van der Waals surface area contributed by atoms with Crippen LogP contribution in [0.1, 0.15) is 13.3 Å². The highest BCUT2D eigenvalue weighted by Gasteiger charge is 2.12. The van der Waals surface area contributed by atoms with Gasteiger partial charge in [0.1, 0.15) is 0 Å². The molecule has 90 valence electrons. The summed E-state index contributed by atoms with van der Waals surface area (Å²) in [5.74, 6) is -0.208. The van der Waals surface area contributed by atoms with E-state index in [1.54, 1.807) is 6.92 Å². The molecule has 0 aromatic carbocycles. The molecule has 0 radical (unpaired) electrons. The third-order valence-electron chi connectivity index (χ3n) is 2.57. The van der Waals surface area contributed by atoms with E-state index >= 15 is 0 Å². The average molecular weight is 226 g/mol. The fraction of sp³-hybridized carbons (Fsp3) is 0.636. The van der Waals surface area contributed by atoms with Crippen LogP contribution < -0.4 is 5.32 Å². The molecule has 0 aromatic heterocycles. The van der Waals surface area contributed by atoms with Gasteiger partial charge in [-0.05, 0) is 6.92 Å². The van der Waals surface area contributed by atoms with Gasteiger partial charge >= 0.3 is 5.97 Å². The van der Waals surface area contributed by atoms with Crippen molar-refractivity contribution in [3.63, 3.8) is 0 Å². The molecule has 0 unspecified atom stereocenters. The largest absolute Gasteiger partial charge is 0.466 e. The summed E-state index contributed by atoms with van der Waals surface area (Å²) >= 11 is 0. The second-order valence-electron chi connectivity index (χ2n) is 3.78. The standard InChI is InChI=1S/C11H18N2O3/c1-9(11(15)16-2)3-6-13-7-4-10(14)12-5-8-13/h3H,4-8H2,1-2H3,(H,12,14). The quantitative estimate of drug-likeness (QED) is 0.540. The molecule has 0 saturated carbocycles. The molecule has 1 fully saturated rings. The number of nitrogens with zero attached hydrogens (tertiary/aromatic N) is 1. The van der Waals surface area contributed by atoms with Crippen molar-refractivity contribution >= 4 is 11.9 Å². The Morgan fingerprint density at radius 2 is 2.31 bits per heavy atom. The van der Waals surface area contributed by atoms with Crippen LogP contribution in [0.15, 0.2) is 11.6 Å². The van der Waals surface area contributed by atoms with Gasteiger partial charge in [-0.3, -0.25) is 9.69 Å². The van der Waals surface area contributed by atoms with Gasteiger partial charge in [-0.2, -0.15) is 0 Å². The van der Waals surface area contributed by atoms with Crippen LogP contribution >= 0.6 is 0 Å². The number of methoxy groups -OCH3 is 1. The van der Waals surface area contributed by atoms with Crippen molar-refractivity contribution in [1.82, 2.24) is 10.2 Å². The fourth-order valence-corrected chi connectivity index (χ4v) is 1.51. The van der Waals surface area contributed by atoms with Crippen LogP contribution in [0.3, 0.4) is 0 Å². The first-order valence-electron chi connectivity index (χ1n) is 5.37. The molecule has 1 aliphatic rings. The Balaban J connectivity index is 2.42. The molecule has 5 nitrogen and oxygen atoms in total. The van der Waals surface area contributed by atoms with Crippen molar-refractivity contribution in [3.05, 3.63) is 11.6 Å². The SMILES string of the molecule is COC(=O)C(C)=CCN1CCNC(=O)CC1. The zero-order valence-electron chi connectivity index (χ0n) is 9.78. The van der Waals surface area contributed by atoms with E-state index in [0.29, 0.717) is 25.1 Å². The molecule has 5 heteroatoms. The number of ether oxygens (including phenoxy) is 1. The Kier molecular flexibility index (Phi) is 4.98. The van der Waals surface area contributed by atoms with Crippen molar-refractivity contribution in [2.45, 2.75) is 13.3 Å². The van der Waals surface area contributed by atoms with Crippen LogP contribution in [0, 0.1) is 0 Å². The number of carbonyl (C=O) groups excluding carboxylic acids is 2. The molecule has 0 spiro atoms. The van der Waals surface area contributed by atoms with E-state index in [1.165, 1.54) is 7.11 Å². The lowest BCUT2D eigenvalue weighted by Crippen LogP contribution is -2.29. The van der Waals surface area contributed by atoms with E-state index in [2.05, 4.69) is 15.0 Å². The Labute approximate surface area is 95.4 Å². The minimum Gasteiger partial charge on any atom is -0.466 e. The molecule has 0 bridgehead atoms. The van der Waals surface area contributed by atoms with E-state index in [1.807, 2.05) is 6.08 Å². The summed E-state index contributed by atoms with van der Waals surface area (Å²) in [5.41, 5.74) is 0.603. The first kappa shape index (κ1) is 12.7. The van der Waals surface area contributed by atoms with Gasteiger partial charge in [-0.15, -0.1) is 0 Å². The maximum absolute atomic E-state index is 11.1. The maximum Gasteiger partial charge on any atom is 0.333 e. The van der Waals surface area contributed by atoms with Crippen molar-refractivity contribution in [2.75, 3.05) is 33.3 Å². The Bertz CT molecular complexity index is 300. The van der Waals surface area contributed by atoms with E-state index in [4.69, 9.17) is 0 Å². The average Bonchev–Trinajstić information content (AvgIpc) is 2.50. The van der Waals surface area contributed by atoms with Crippen LogP contribution in [0.4, 0.5) is 0 Å². The Hall–Kier alpha value is -1.36. The first-order chi connectivity index (χ1) is 7.63. The van der Waals surface area contributed by atoms with E-state index in [9.17, 15) is 9.59 Å². The van der Waals surface area contributed by atoms with Crippen molar-refractivity contribution in [2.24, 2.45) is 0 Å². The van der Waals surface area contributed by atoms with Gasteiger partial charge in [-0.25, -0.2) is 4.79 Å². The molecule has 16 heavy (non-hydrogen) atoms. The summed E-state index contributed by atoms with van der Waals surface area (Å²) in [6.45, 7) is 4.63. The third kappa shape index (κ3) is 4.02. The lowest BCUT2D eigenvalue weighted by molar-refractivity contribution is -0.136. The molecule has 1 N–H and O–H groups in total. The number of hydrogen-bond donors (Lipinski definition) is 1. The Morgan fingerprint density at radius 3 is 3.00 bits per heavy atom. The molecule has 1 aliphatic heterocycles. The lowest BCUT2D eigenvalue weighted by atomic mass is 10.2. The van der Waals surface area contributed by atoms with Crippen molar-refractivity contribution < 1.29 is 14.3 Å². The molecule has 0 atom stereocenters. The Morgan fingerprint density at radius 1 is 1.56 bits per heavy atom. The first-order valence-corrected chi connectivity index (χ1v) is 5.37. The minimum atomic E-state index is -0.302. The second-order valence-corrected chi connectivity index (χ2v) is 3.78. The molecule has 1 rings (SSSR count). The van der Waals surface area contributed by atoms with E-state index in [0.717, 1.165) is 13.1 Å². The topological polar surface area (TPSA) is 58.6 Å². The predicted octanol–water partition coefficient (Wildman–Crippen LogP) is -0.0724. The number of esters is 1. The van der Waals surface area contributed by atoms with Crippen LogP contribution in [-0.4, -0.2) is 50.1 Å². The minimum absolute atomic E-state index is 0.0937. The summed E-state index contributed by atoms with van der Waals surface area (Å²) in [6.07, 6.45) is 2.35. The van der Waals surface area contributed by atoms with Gasteiger partial charge in [-0.1, -0.05) is 6.08 Å². The van der Waals surface area contributed by atoms with E-state index < -0.39 is 0 Å². The zero-order valence-corrected chi connectivity index (χ0v) is 9.78. The predicted molar refractivity (Wildman–Crippen MR) is 59.8 cm³/mol. The summed E-state index contributed by atoms with van der Waals surface area (Å²) < 4.78 is 4.60. The van der Waals surface area contributed by atoms with Crippen molar-refractivity contribution in [3.8, 4) is 0 Å². The number of rotatable bonds is 3. The maximum atomic E-state index is 11.1. The number of amides is 1. The molecular formula is C11H18N2O3. The highest BCUT2D eigenvalue weighted by molar-refractivity contribution is 5.87. The van der Waals surface area contributed by atoms with Gasteiger partial charge in [0.2, 0.25) is 5.91 Å². The summed E-state index contributed by atoms with van der Waals surface area (Å²) in [6, 6.07) is 0. The van der Waals surface area contributed by atoms with Gasteiger partial charge in [0, 0.05) is 38.2 Å². The molecule has 1 amide bonds. The number of nitrogens with one attached hydrogen (secondary N) is 1. The summed E-state index contributed by atoms with van der Waals surface area (Å²) in [7, 11) is 1.37. The number of hydrogen-bond acceptors (Lipinski definition) is 4. The monoisotopic (exact) mass is 226 g/mol. The summed E-state index contributed by atoms with van der Waals surface area (Å²) in [4.78, 5) is 24.4. The lowest BCUT2D eigenvalue weighted by Gasteiger charge is -2.16.